The molecule has 7 heteroatoms. The average Bonchev–Trinajstić information content (AvgIpc) is 2.39. The minimum atomic E-state index is -4.45. The molecule has 0 aliphatic carbocycles. The van der Waals surface area contributed by atoms with Gasteiger partial charge in [-0.1, -0.05) is 0 Å². The van der Waals surface area contributed by atoms with Gasteiger partial charge in [0, 0.05) is 24.1 Å². The van der Waals surface area contributed by atoms with Crippen LogP contribution in [0.3, 0.4) is 0 Å². The molecule has 0 radical (unpaired) electrons. The highest BCUT2D eigenvalue weighted by Gasteiger charge is 2.29. The fourth-order valence-corrected chi connectivity index (χ4v) is 2.27. The van der Waals surface area contributed by atoms with Gasteiger partial charge in [-0.05, 0) is 12.1 Å². The number of nitrogens with zero attached hydrogens (tertiary/aromatic N) is 1. The summed E-state index contributed by atoms with van der Waals surface area (Å²) >= 11 is 0. The van der Waals surface area contributed by atoms with E-state index in [0.29, 0.717) is 28.9 Å². The van der Waals surface area contributed by atoms with Gasteiger partial charge in [-0.2, -0.15) is 13.2 Å². The quantitative estimate of drug-likeness (QED) is 0.874. The fraction of sp³-hybridized carbons (Fsp3) is 0.308. The van der Waals surface area contributed by atoms with Crippen molar-refractivity contribution in [3.63, 3.8) is 0 Å². The van der Waals surface area contributed by atoms with E-state index in [4.69, 9.17) is 4.74 Å². The van der Waals surface area contributed by atoms with Crippen molar-refractivity contribution < 1.29 is 17.9 Å². The van der Waals surface area contributed by atoms with Gasteiger partial charge in [-0.15, -0.1) is 0 Å². The number of hydrogen-bond acceptors (Lipinski definition) is 3. The second-order valence-electron chi connectivity index (χ2n) is 4.56. The molecule has 0 fully saturated rings. The normalized spacial score (nSPS) is 14.6. The molecule has 106 valence electrons. The van der Waals surface area contributed by atoms with Crippen LogP contribution in [-0.4, -0.2) is 23.9 Å². The molecule has 20 heavy (non-hydrogen) atoms. The third kappa shape index (κ3) is 2.31. The first-order valence-electron chi connectivity index (χ1n) is 6.05. The monoisotopic (exact) mass is 284 g/mol. The highest BCUT2D eigenvalue weighted by Crippen LogP contribution is 2.32. The molecule has 1 aliphatic rings. The van der Waals surface area contributed by atoms with E-state index in [2.05, 4.69) is 5.32 Å². The van der Waals surface area contributed by atoms with E-state index in [1.165, 1.54) is 12.1 Å². The number of aromatic nitrogens is 1. The van der Waals surface area contributed by atoms with Crippen molar-refractivity contribution in [3.05, 3.63) is 34.6 Å². The van der Waals surface area contributed by atoms with E-state index in [1.807, 2.05) is 0 Å². The number of anilines is 1. The molecule has 1 aromatic heterocycles. The lowest BCUT2D eigenvalue weighted by molar-refractivity contribution is -0.140. The van der Waals surface area contributed by atoms with Crippen molar-refractivity contribution >= 4 is 16.6 Å². The van der Waals surface area contributed by atoms with Crippen LogP contribution in [0.2, 0.25) is 0 Å². The molecule has 1 aromatic carbocycles. The lowest BCUT2D eigenvalue weighted by Crippen LogP contribution is -2.28. The smallest absolute Gasteiger partial charge is 0.406 e. The molecule has 1 aliphatic heterocycles. The van der Waals surface area contributed by atoms with Crippen molar-refractivity contribution in [3.8, 4) is 5.75 Å². The molecule has 2 aromatic rings. The summed E-state index contributed by atoms with van der Waals surface area (Å²) in [6.45, 7) is -0.231. The number of ether oxygens (including phenoxy) is 1. The lowest BCUT2D eigenvalue weighted by Gasteiger charge is -2.21. The standard InChI is InChI=1S/C13H11F3N2O2/c14-13(15,16)7-18-10-6-11-9(17-3-4-20-11)5-8(10)1-2-12(18)19/h1-2,5-6,17H,3-4,7H2. The van der Waals surface area contributed by atoms with E-state index in [0.717, 1.165) is 11.8 Å². The van der Waals surface area contributed by atoms with Crippen LogP contribution in [-0.2, 0) is 6.54 Å². The van der Waals surface area contributed by atoms with Crippen LogP contribution in [0.4, 0.5) is 18.9 Å². The van der Waals surface area contributed by atoms with Crippen LogP contribution in [0, 0.1) is 0 Å². The molecule has 0 spiro atoms. The summed E-state index contributed by atoms with van der Waals surface area (Å²) < 4.78 is 43.9. The summed E-state index contributed by atoms with van der Waals surface area (Å²) in [5, 5.41) is 3.66. The third-order valence-electron chi connectivity index (χ3n) is 3.10. The van der Waals surface area contributed by atoms with Crippen molar-refractivity contribution in [2.75, 3.05) is 18.5 Å². The molecule has 0 amide bonds. The van der Waals surface area contributed by atoms with Gasteiger partial charge in [0.15, 0.2) is 0 Å². The zero-order valence-corrected chi connectivity index (χ0v) is 10.3. The fourth-order valence-electron chi connectivity index (χ4n) is 2.27. The molecule has 3 rings (SSSR count). The number of fused-ring (bicyclic) bond motifs is 2. The molecule has 0 saturated carbocycles. The Morgan fingerprint density at radius 2 is 2.10 bits per heavy atom. The zero-order chi connectivity index (χ0) is 14.3. The van der Waals surface area contributed by atoms with E-state index in [1.54, 1.807) is 6.07 Å². The Labute approximate surface area is 111 Å². The molecule has 0 unspecified atom stereocenters. The molecular formula is C13H11F3N2O2. The van der Waals surface area contributed by atoms with Crippen LogP contribution < -0.4 is 15.6 Å². The highest BCUT2D eigenvalue weighted by atomic mass is 19.4. The van der Waals surface area contributed by atoms with Crippen LogP contribution in [0.15, 0.2) is 29.1 Å². The van der Waals surface area contributed by atoms with Gasteiger partial charge in [-0.3, -0.25) is 9.36 Å². The van der Waals surface area contributed by atoms with Crippen molar-refractivity contribution in [1.29, 1.82) is 0 Å². The summed E-state index contributed by atoms with van der Waals surface area (Å²) in [6, 6.07) is 5.82. The van der Waals surface area contributed by atoms with E-state index < -0.39 is 18.3 Å². The Morgan fingerprint density at radius 1 is 1.30 bits per heavy atom. The number of nitrogens with one attached hydrogen (secondary N) is 1. The van der Waals surface area contributed by atoms with Gasteiger partial charge >= 0.3 is 6.18 Å². The zero-order valence-electron chi connectivity index (χ0n) is 10.3. The van der Waals surface area contributed by atoms with Crippen molar-refractivity contribution in [2.24, 2.45) is 0 Å². The summed E-state index contributed by atoms with van der Waals surface area (Å²) in [5.74, 6) is 0.463. The van der Waals surface area contributed by atoms with Crippen LogP contribution in [0.5, 0.6) is 5.75 Å². The number of hydrogen-bond donors (Lipinski definition) is 1. The van der Waals surface area contributed by atoms with Gasteiger partial charge < -0.3 is 10.1 Å². The largest absolute Gasteiger partial charge is 0.490 e. The lowest BCUT2D eigenvalue weighted by atomic mass is 10.1. The van der Waals surface area contributed by atoms with Gasteiger partial charge in [0.05, 0.1) is 11.2 Å². The molecule has 0 saturated heterocycles. The Hall–Kier alpha value is -2.18. The number of halogens is 3. The Bertz CT molecular complexity index is 722. The summed E-state index contributed by atoms with van der Waals surface area (Å²) in [7, 11) is 0. The van der Waals surface area contributed by atoms with Gasteiger partial charge in [0.1, 0.15) is 18.9 Å². The van der Waals surface area contributed by atoms with Gasteiger partial charge in [0.25, 0.3) is 5.56 Å². The topological polar surface area (TPSA) is 43.3 Å². The number of alkyl halides is 3. The van der Waals surface area contributed by atoms with Gasteiger partial charge in [0.2, 0.25) is 0 Å². The average molecular weight is 284 g/mol. The van der Waals surface area contributed by atoms with Gasteiger partial charge in [-0.25, -0.2) is 0 Å². The Kier molecular flexibility index (Phi) is 2.84. The molecule has 4 nitrogen and oxygen atoms in total. The third-order valence-corrected chi connectivity index (χ3v) is 3.10. The molecule has 2 heterocycles. The summed E-state index contributed by atoms with van der Waals surface area (Å²) in [4.78, 5) is 11.7. The van der Waals surface area contributed by atoms with Crippen LogP contribution in [0.1, 0.15) is 0 Å². The van der Waals surface area contributed by atoms with E-state index in [9.17, 15) is 18.0 Å². The minimum Gasteiger partial charge on any atom is -0.490 e. The number of benzene rings is 1. The molecule has 0 atom stereocenters. The molecular weight excluding hydrogens is 273 g/mol. The second-order valence-corrected chi connectivity index (χ2v) is 4.56. The maximum Gasteiger partial charge on any atom is 0.406 e. The minimum absolute atomic E-state index is 0.220. The predicted molar refractivity (Wildman–Crippen MR) is 68.2 cm³/mol. The van der Waals surface area contributed by atoms with E-state index in [-0.39, 0.29) is 5.52 Å². The van der Waals surface area contributed by atoms with Crippen molar-refractivity contribution in [2.45, 2.75) is 12.7 Å². The number of rotatable bonds is 1. The maximum absolute atomic E-state index is 12.6. The predicted octanol–water partition coefficient (Wildman–Crippen LogP) is 2.37. The Morgan fingerprint density at radius 3 is 2.85 bits per heavy atom. The number of pyridine rings is 1. The summed E-state index contributed by atoms with van der Waals surface area (Å²) in [5.41, 5.74) is 0.261. The van der Waals surface area contributed by atoms with Crippen LogP contribution >= 0.6 is 0 Å². The Balaban J connectivity index is 2.22. The first kappa shape index (κ1) is 12.8. The molecule has 0 bridgehead atoms. The highest BCUT2D eigenvalue weighted by molar-refractivity contribution is 5.86. The SMILES string of the molecule is O=c1ccc2cc3c(cc2n1CC(F)(F)F)OCCN3. The molecule has 1 N–H and O–H groups in total. The first-order chi connectivity index (χ1) is 9.44. The van der Waals surface area contributed by atoms with E-state index >= 15 is 0 Å². The second kappa shape index (κ2) is 4.43. The summed E-state index contributed by atoms with van der Waals surface area (Å²) in [6.07, 6.45) is -4.45. The maximum atomic E-state index is 12.6. The first-order valence-corrected chi connectivity index (χ1v) is 6.05. The van der Waals surface area contributed by atoms with Crippen molar-refractivity contribution in [1.82, 2.24) is 4.57 Å². The van der Waals surface area contributed by atoms with Crippen LogP contribution in [0.25, 0.3) is 10.9 Å².